The highest BCUT2D eigenvalue weighted by molar-refractivity contribution is 6.41. The molecule has 5 aliphatic heterocycles. The number of carbonyl (C=O) groups excluding carboxylic acids is 4. The number of aromatic nitrogens is 4. The van der Waals surface area contributed by atoms with Gasteiger partial charge < -0.3 is 39.7 Å². The van der Waals surface area contributed by atoms with Gasteiger partial charge in [0.2, 0.25) is 11.8 Å². The van der Waals surface area contributed by atoms with E-state index in [0.717, 1.165) is 93.2 Å². The monoisotopic (exact) mass is 1130 g/mol. The standard InChI is InChI=1S/C58H64ClF3N12O7/c1-34(59)55(77)72-26-25-71(31-37(72)15-19-63)53-41-30-45(73-24-18-47(64)65-58(73)79)50(51(62)52(41)67-57(68-53)81-33-38-10-9-20-69(38)2)49-43(61)11-8-12-46(49)80-27-7-5-3-4-6-21-70-22-16-35(17-23-70)39-28-36(60)29-40-42(39)32-74(56(40)78)44-13-14-48(75)66-54(44)76/h8,11-12,18,24,28-30,35,37-38,44H,1,3-7,9-10,13-17,20-23,25-27,31-33H2,2H3,(H2,64,65,79)(H,66,75,76). The molecule has 0 saturated carbocycles. The van der Waals surface area contributed by atoms with Crippen LogP contribution in [0.15, 0.2) is 65.1 Å². The van der Waals surface area contributed by atoms with Crippen molar-refractivity contribution in [2.45, 2.75) is 108 Å². The molecule has 5 aliphatic rings. The molecule has 426 valence electrons. The van der Waals surface area contributed by atoms with E-state index in [2.05, 4.69) is 37.7 Å². The van der Waals surface area contributed by atoms with Gasteiger partial charge in [0.15, 0.2) is 5.82 Å². The number of nitriles is 1. The zero-order chi connectivity index (χ0) is 57.1. The van der Waals surface area contributed by atoms with Crippen molar-refractivity contribution >= 4 is 57.8 Å². The number of benzene rings is 3. The topological polar surface area (TPSA) is 225 Å². The number of hydrogen-bond acceptors (Lipinski definition) is 15. The largest absolute Gasteiger partial charge is 0.493 e. The number of hydrogen-bond donors (Lipinski definition) is 2. The number of piperidine rings is 2. The van der Waals surface area contributed by atoms with Crippen LogP contribution < -0.4 is 31.1 Å². The summed E-state index contributed by atoms with van der Waals surface area (Å²) in [5, 5.41) is 12.1. The number of nitrogens with one attached hydrogen (secondary N) is 1. The number of likely N-dealkylation sites (tertiary alicyclic amines) is 2. The molecule has 19 nitrogen and oxygen atoms in total. The average Bonchev–Trinajstić information content (AvgIpc) is 3.88. The normalized spacial score (nSPS) is 20.0. The molecule has 3 atom stereocenters. The van der Waals surface area contributed by atoms with E-state index in [9.17, 15) is 29.2 Å². The molecule has 5 aromatic rings. The van der Waals surface area contributed by atoms with Crippen LogP contribution in [-0.4, -0.2) is 147 Å². The van der Waals surface area contributed by atoms with E-state index in [1.165, 1.54) is 52.4 Å². The summed E-state index contributed by atoms with van der Waals surface area (Å²) >= 11 is 6.05. The quantitative estimate of drug-likeness (QED) is 0.0484. The fourth-order valence-corrected chi connectivity index (χ4v) is 12.2. The van der Waals surface area contributed by atoms with Gasteiger partial charge in [0.25, 0.3) is 11.8 Å². The molecule has 0 spiro atoms. The molecule has 0 aliphatic carbocycles. The van der Waals surface area contributed by atoms with Gasteiger partial charge in [0.1, 0.15) is 47.2 Å². The molecule has 0 radical (unpaired) electrons. The van der Waals surface area contributed by atoms with E-state index in [1.807, 2.05) is 7.05 Å². The minimum atomic E-state index is -0.995. The third kappa shape index (κ3) is 12.1. The van der Waals surface area contributed by atoms with Gasteiger partial charge in [-0.15, -0.1) is 0 Å². The summed E-state index contributed by atoms with van der Waals surface area (Å²) in [6, 6.07) is 10.4. The maximum absolute atomic E-state index is 18.1. The number of likely N-dealkylation sites (N-methyl/N-ethyl adjacent to an activating group) is 1. The molecular formula is C58H64ClF3N12O7. The SMILES string of the molecule is C=C(Cl)C(=O)N1CCN(c2nc(OCC3CCCN3C)nc3c(F)c(-c4c(F)cccc4OCCCCCCCN4CCC(c5cc(F)cc6c5CN(C5CCC(=O)NC5=O)C6=O)CC4)c(-n4ccc(N)nc4=O)cc23)CC1CC#N. The van der Waals surface area contributed by atoms with Crippen LogP contribution in [0.1, 0.15) is 104 Å². The lowest BCUT2D eigenvalue weighted by Gasteiger charge is -2.41. The highest BCUT2D eigenvalue weighted by Crippen LogP contribution is 2.44. The minimum Gasteiger partial charge on any atom is -0.493 e. The van der Waals surface area contributed by atoms with Crippen molar-refractivity contribution in [2.24, 2.45) is 0 Å². The van der Waals surface area contributed by atoms with Gasteiger partial charge in [0.05, 0.1) is 47.0 Å². The zero-order valence-electron chi connectivity index (χ0n) is 45.1. The molecule has 4 amide bonds. The zero-order valence-corrected chi connectivity index (χ0v) is 45.9. The second-order valence-electron chi connectivity index (χ2n) is 21.5. The van der Waals surface area contributed by atoms with Gasteiger partial charge in [-0.3, -0.25) is 29.1 Å². The van der Waals surface area contributed by atoms with Crippen LogP contribution in [-0.2, 0) is 20.9 Å². The first kappa shape index (κ1) is 56.7. The third-order valence-corrected chi connectivity index (χ3v) is 16.6. The number of piperazine rings is 1. The van der Waals surface area contributed by atoms with E-state index < -0.39 is 47.0 Å². The molecule has 4 saturated heterocycles. The molecule has 3 unspecified atom stereocenters. The Balaban J connectivity index is 0.824. The first-order valence-electron chi connectivity index (χ1n) is 27.7. The molecule has 7 heterocycles. The number of anilines is 2. The maximum Gasteiger partial charge on any atom is 0.354 e. The predicted octanol–water partition coefficient (Wildman–Crippen LogP) is 6.97. The Morgan fingerprint density at radius 1 is 0.914 bits per heavy atom. The van der Waals surface area contributed by atoms with Crippen LogP contribution in [0.5, 0.6) is 11.8 Å². The average molecular weight is 1130 g/mol. The molecule has 3 N–H and O–H groups in total. The Morgan fingerprint density at radius 2 is 1.70 bits per heavy atom. The molecular weight excluding hydrogens is 1070 g/mol. The lowest BCUT2D eigenvalue weighted by atomic mass is 9.85. The van der Waals surface area contributed by atoms with Crippen molar-refractivity contribution in [3.63, 3.8) is 0 Å². The van der Waals surface area contributed by atoms with Crippen molar-refractivity contribution in [2.75, 3.05) is 76.7 Å². The first-order valence-corrected chi connectivity index (χ1v) is 28.1. The second-order valence-corrected chi connectivity index (χ2v) is 22.0. The Hall–Kier alpha value is -7.61. The Morgan fingerprint density at radius 3 is 2.44 bits per heavy atom. The molecule has 0 bridgehead atoms. The number of nitrogens with two attached hydrogens (primary N) is 1. The number of nitrogen functional groups attached to an aromatic ring is 1. The number of ether oxygens (including phenoxy) is 2. The maximum atomic E-state index is 18.1. The minimum absolute atomic E-state index is 0.0341. The van der Waals surface area contributed by atoms with Crippen LogP contribution >= 0.6 is 11.6 Å². The van der Waals surface area contributed by atoms with Crippen molar-refractivity contribution in [1.82, 2.24) is 44.4 Å². The Labute approximate surface area is 471 Å². The number of carbonyl (C=O) groups is 4. The fraction of sp³-hybridized carbons (Fsp3) is 0.466. The fourth-order valence-electron chi connectivity index (χ4n) is 12.1. The summed E-state index contributed by atoms with van der Waals surface area (Å²) in [5.41, 5.74) is 6.01. The number of halogens is 4. The van der Waals surface area contributed by atoms with Crippen LogP contribution in [0.3, 0.4) is 0 Å². The van der Waals surface area contributed by atoms with E-state index in [1.54, 1.807) is 11.0 Å². The molecule has 23 heteroatoms. The summed E-state index contributed by atoms with van der Waals surface area (Å²) in [5.74, 6) is -3.88. The first-order chi connectivity index (χ1) is 39.1. The number of fused-ring (bicyclic) bond motifs is 2. The highest BCUT2D eigenvalue weighted by atomic mass is 35.5. The summed E-state index contributed by atoms with van der Waals surface area (Å²) in [4.78, 5) is 87.3. The van der Waals surface area contributed by atoms with E-state index in [-0.39, 0.29) is 144 Å². The van der Waals surface area contributed by atoms with Gasteiger partial charge in [-0.1, -0.05) is 43.5 Å². The Kier molecular flexibility index (Phi) is 17.2. The lowest BCUT2D eigenvalue weighted by Crippen LogP contribution is -2.55. The number of unbranched alkanes of at least 4 members (excludes halogenated alkanes) is 4. The van der Waals surface area contributed by atoms with Crippen LogP contribution in [0.4, 0.5) is 24.8 Å². The summed E-state index contributed by atoms with van der Waals surface area (Å²) in [6.45, 7) is 7.92. The van der Waals surface area contributed by atoms with Crippen molar-refractivity contribution in [1.29, 1.82) is 5.26 Å². The van der Waals surface area contributed by atoms with Crippen LogP contribution in [0, 0.1) is 28.8 Å². The molecule has 4 fully saturated rings. The van der Waals surface area contributed by atoms with Crippen LogP contribution in [0.2, 0.25) is 0 Å². The number of rotatable bonds is 19. The van der Waals surface area contributed by atoms with Crippen molar-refractivity contribution in [3.8, 4) is 34.6 Å². The van der Waals surface area contributed by atoms with E-state index in [0.29, 0.717) is 6.42 Å². The van der Waals surface area contributed by atoms with E-state index in [4.69, 9.17) is 31.8 Å². The summed E-state index contributed by atoms with van der Waals surface area (Å²) in [7, 11) is 1.99. The van der Waals surface area contributed by atoms with Gasteiger partial charge in [-0.2, -0.15) is 20.2 Å². The van der Waals surface area contributed by atoms with Gasteiger partial charge in [0, 0.05) is 55.8 Å². The lowest BCUT2D eigenvalue weighted by molar-refractivity contribution is -0.137. The second kappa shape index (κ2) is 24.6. The predicted molar refractivity (Wildman–Crippen MR) is 296 cm³/mol. The molecule has 10 rings (SSSR count). The number of amides is 4. The highest BCUT2D eigenvalue weighted by Gasteiger charge is 2.42. The smallest absolute Gasteiger partial charge is 0.354 e. The number of nitrogens with zero attached hydrogens (tertiary/aromatic N) is 10. The summed E-state index contributed by atoms with van der Waals surface area (Å²) < 4.78 is 63.3. The molecule has 2 aromatic heterocycles. The van der Waals surface area contributed by atoms with Gasteiger partial charge in [-0.25, -0.2) is 18.0 Å². The van der Waals surface area contributed by atoms with Crippen molar-refractivity contribution in [3.05, 3.63) is 105 Å². The molecule has 81 heavy (non-hydrogen) atoms. The Bertz CT molecular complexity index is 3390. The van der Waals surface area contributed by atoms with Crippen LogP contribution in [0.25, 0.3) is 27.7 Å². The number of imide groups is 1. The third-order valence-electron chi connectivity index (χ3n) is 16.4. The van der Waals surface area contributed by atoms with E-state index >= 15 is 13.2 Å². The van der Waals surface area contributed by atoms with Gasteiger partial charge in [-0.05, 0) is 132 Å². The van der Waals surface area contributed by atoms with Gasteiger partial charge >= 0.3 is 11.7 Å². The summed E-state index contributed by atoms with van der Waals surface area (Å²) in [6.07, 6.45) is 9.26. The van der Waals surface area contributed by atoms with Crippen molar-refractivity contribution < 1.29 is 41.8 Å². The molecule has 3 aromatic carbocycles.